The Hall–Kier alpha value is -4.32. The summed E-state index contributed by atoms with van der Waals surface area (Å²) in [6, 6.07) is 24.1. The van der Waals surface area contributed by atoms with E-state index in [9.17, 15) is 4.79 Å². The van der Waals surface area contributed by atoms with E-state index >= 15 is 0 Å². The predicted molar refractivity (Wildman–Crippen MR) is 143 cm³/mol. The van der Waals surface area contributed by atoms with Gasteiger partial charge in [0.2, 0.25) is 0 Å². The van der Waals surface area contributed by atoms with Gasteiger partial charge in [-0.2, -0.15) is 0 Å². The highest BCUT2D eigenvalue weighted by molar-refractivity contribution is 5.73. The predicted octanol–water partition coefficient (Wildman–Crippen LogP) is 6.66. The van der Waals surface area contributed by atoms with Gasteiger partial charge in [-0.05, 0) is 60.4 Å². The molecule has 0 fully saturated rings. The molecule has 0 radical (unpaired) electrons. The Morgan fingerprint density at radius 3 is 2.33 bits per heavy atom. The lowest BCUT2D eigenvalue weighted by Gasteiger charge is -2.07. The molecule has 36 heavy (non-hydrogen) atoms. The van der Waals surface area contributed by atoms with Gasteiger partial charge in [0, 0.05) is 24.7 Å². The van der Waals surface area contributed by atoms with E-state index in [0.29, 0.717) is 13.0 Å². The van der Waals surface area contributed by atoms with Crippen LogP contribution in [0.5, 0.6) is 11.5 Å². The summed E-state index contributed by atoms with van der Waals surface area (Å²) in [7, 11) is 1.67. The molecule has 0 saturated heterocycles. The van der Waals surface area contributed by atoms with Crippen molar-refractivity contribution >= 4 is 18.1 Å². The van der Waals surface area contributed by atoms with Crippen LogP contribution in [0.2, 0.25) is 0 Å². The number of imidazole rings is 1. The lowest BCUT2D eigenvalue weighted by atomic mass is 10.0. The number of carboxylic acid groups (broad SMARTS) is 1. The summed E-state index contributed by atoms with van der Waals surface area (Å²) in [5, 5.41) is 8.70. The van der Waals surface area contributed by atoms with E-state index in [1.807, 2.05) is 54.6 Å². The summed E-state index contributed by atoms with van der Waals surface area (Å²) in [5.74, 6) is 1.63. The fourth-order valence-corrected chi connectivity index (χ4v) is 3.92. The van der Waals surface area contributed by atoms with Gasteiger partial charge in [-0.1, -0.05) is 54.6 Å². The van der Waals surface area contributed by atoms with Crippen LogP contribution in [0.4, 0.5) is 0 Å². The number of methoxy groups -OCH3 is 1. The molecule has 4 aromatic rings. The Balaban J connectivity index is 1.43. The van der Waals surface area contributed by atoms with Crippen LogP contribution in [0, 0.1) is 0 Å². The first kappa shape index (κ1) is 24.8. The largest absolute Gasteiger partial charge is 0.496 e. The molecule has 0 unspecified atom stereocenters. The second-order valence-electron chi connectivity index (χ2n) is 8.30. The molecular formula is C30H30N2O4. The summed E-state index contributed by atoms with van der Waals surface area (Å²) in [5.41, 5.74) is 5.15. The number of aliphatic carboxylic acids is 1. The van der Waals surface area contributed by atoms with Crippen LogP contribution in [0.25, 0.3) is 34.5 Å². The summed E-state index contributed by atoms with van der Waals surface area (Å²) >= 11 is 0. The van der Waals surface area contributed by atoms with Gasteiger partial charge >= 0.3 is 5.97 Å². The molecular weight excluding hydrogens is 452 g/mol. The number of para-hydroxylation sites is 1. The second kappa shape index (κ2) is 11.9. The fraction of sp³-hybridized carbons (Fsp3) is 0.200. The number of carboxylic acids is 1. The quantitative estimate of drug-likeness (QED) is 0.242. The van der Waals surface area contributed by atoms with E-state index in [1.165, 1.54) is 0 Å². The third-order valence-electron chi connectivity index (χ3n) is 5.86. The van der Waals surface area contributed by atoms with Crippen molar-refractivity contribution < 1.29 is 19.4 Å². The summed E-state index contributed by atoms with van der Waals surface area (Å²) < 4.78 is 13.2. The first-order chi connectivity index (χ1) is 17.6. The first-order valence-electron chi connectivity index (χ1n) is 12.0. The topological polar surface area (TPSA) is 73.6 Å². The van der Waals surface area contributed by atoms with Gasteiger partial charge in [0.25, 0.3) is 0 Å². The van der Waals surface area contributed by atoms with Crippen LogP contribution < -0.4 is 9.47 Å². The van der Waals surface area contributed by atoms with Crippen molar-refractivity contribution in [3.8, 4) is 33.9 Å². The van der Waals surface area contributed by atoms with Crippen molar-refractivity contribution in [1.82, 2.24) is 9.55 Å². The van der Waals surface area contributed by atoms with E-state index < -0.39 is 5.97 Å². The van der Waals surface area contributed by atoms with Crippen LogP contribution in [0.3, 0.4) is 0 Å². The molecule has 4 rings (SSSR count). The molecule has 184 valence electrons. The molecule has 0 aliphatic carbocycles. The lowest BCUT2D eigenvalue weighted by Crippen LogP contribution is -2.01. The lowest BCUT2D eigenvalue weighted by molar-refractivity contribution is -0.137. The number of benzene rings is 3. The first-order valence-corrected chi connectivity index (χ1v) is 12.0. The van der Waals surface area contributed by atoms with E-state index in [-0.39, 0.29) is 6.42 Å². The van der Waals surface area contributed by atoms with Crippen LogP contribution in [0.1, 0.15) is 31.2 Å². The number of aromatic nitrogens is 2. The van der Waals surface area contributed by atoms with Crippen LogP contribution >= 0.6 is 0 Å². The number of carbonyl (C=O) groups is 1. The average Bonchev–Trinajstić information content (AvgIpc) is 3.33. The fourth-order valence-electron chi connectivity index (χ4n) is 3.92. The van der Waals surface area contributed by atoms with Gasteiger partial charge in [-0.15, -0.1) is 0 Å². The Labute approximate surface area is 211 Å². The van der Waals surface area contributed by atoms with E-state index in [1.54, 1.807) is 7.11 Å². The zero-order chi connectivity index (χ0) is 25.3. The second-order valence-corrected chi connectivity index (χ2v) is 8.30. The third-order valence-corrected chi connectivity index (χ3v) is 5.86. The maximum Gasteiger partial charge on any atom is 0.303 e. The Morgan fingerprint density at radius 2 is 1.67 bits per heavy atom. The monoisotopic (exact) mass is 482 g/mol. The zero-order valence-corrected chi connectivity index (χ0v) is 20.6. The third kappa shape index (κ3) is 6.21. The minimum Gasteiger partial charge on any atom is -0.496 e. The van der Waals surface area contributed by atoms with Crippen LogP contribution in [-0.4, -0.2) is 34.3 Å². The van der Waals surface area contributed by atoms with Gasteiger partial charge in [0.15, 0.2) is 0 Å². The van der Waals surface area contributed by atoms with Crippen molar-refractivity contribution in [2.75, 3.05) is 13.7 Å². The van der Waals surface area contributed by atoms with Crippen LogP contribution in [0.15, 0.2) is 79.0 Å². The minimum absolute atomic E-state index is 0.113. The highest BCUT2D eigenvalue weighted by Crippen LogP contribution is 2.29. The molecule has 6 heteroatoms. The summed E-state index contributed by atoms with van der Waals surface area (Å²) in [6.07, 6.45) is 6.76. The van der Waals surface area contributed by atoms with Crippen molar-refractivity contribution in [2.24, 2.45) is 0 Å². The molecule has 0 amide bonds. The van der Waals surface area contributed by atoms with Crippen molar-refractivity contribution in [2.45, 2.75) is 26.3 Å². The smallest absolute Gasteiger partial charge is 0.303 e. The molecule has 0 spiro atoms. The Bertz CT molecular complexity index is 1320. The molecule has 0 atom stereocenters. The van der Waals surface area contributed by atoms with Gasteiger partial charge in [0.1, 0.15) is 17.3 Å². The number of rotatable bonds is 11. The summed E-state index contributed by atoms with van der Waals surface area (Å²) in [6.45, 7) is 3.32. The van der Waals surface area contributed by atoms with E-state index in [2.05, 4.69) is 48.0 Å². The molecule has 3 aromatic carbocycles. The molecule has 6 nitrogen and oxygen atoms in total. The van der Waals surface area contributed by atoms with Crippen molar-refractivity contribution in [3.05, 3.63) is 90.4 Å². The SMILES string of the molecule is CCn1cc(-c2ccccc2OC)nc1/C=C/c1ccc(-c2ccc(OCCCC(=O)O)cc2)cc1. The standard InChI is InChI=1S/C30H30N2O4/c1-3-32-21-27(26-7-4-5-8-28(26)35-2)31-29(32)19-12-22-10-13-23(14-11-22)24-15-17-25(18-16-24)36-20-6-9-30(33)34/h4-5,7-8,10-19,21H,3,6,9,20H2,1-2H3,(H,33,34)/b19-12+. The van der Waals surface area contributed by atoms with E-state index in [0.717, 1.165) is 51.8 Å². The number of aryl methyl sites for hydroxylation is 1. The number of nitrogens with zero attached hydrogens (tertiary/aromatic N) is 2. The molecule has 0 aliphatic rings. The normalized spacial score (nSPS) is 11.1. The van der Waals surface area contributed by atoms with Gasteiger partial charge in [-0.3, -0.25) is 4.79 Å². The average molecular weight is 483 g/mol. The minimum atomic E-state index is -0.805. The molecule has 1 aromatic heterocycles. The number of hydrogen-bond donors (Lipinski definition) is 1. The van der Waals surface area contributed by atoms with Crippen molar-refractivity contribution in [1.29, 1.82) is 0 Å². The Morgan fingerprint density at radius 1 is 0.972 bits per heavy atom. The van der Waals surface area contributed by atoms with E-state index in [4.69, 9.17) is 19.6 Å². The molecule has 0 bridgehead atoms. The number of hydrogen-bond acceptors (Lipinski definition) is 4. The zero-order valence-electron chi connectivity index (χ0n) is 20.6. The maximum absolute atomic E-state index is 10.6. The molecule has 1 heterocycles. The molecule has 0 aliphatic heterocycles. The van der Waals surface area contributed by atoms with Gasteiger partial charge in [0.05, 0.1) is 19.4 Å². The molecule has 1 N–H and O–H groups in total. The van der Waals surface area contributed by atoms with Crippen LogP contribution in [-0.2, 0) is 11.3 Å². The maximum atomic E-state index is 10.6. The number of ether oxygens (including phenoxy) is 2. The highest BCUT2D eigenvalue weighted by atomic mass is 16.5. The van der Waals surface area contributed by atoms with Crippen molar-refractivity contribution in [3.63, 3.8) is 0 Å². The highest BCUT2D eigenvalue weighted by Gasteiger charge is 2.11. The molecule has 0 saturated carbocycles. The Kier molecular flexibility index (Phi) is 8.19. The van der Waals surface area contributed by atoms with Gasteiger partial charge in [-0.25, -0.2) is 4.98 Å². The van der Waals surface area contributed by atoms with Gasteiger partial charge < -0.3 is 19.1 Å². The summed E-state index contributed by atoms with van der Waals surface area (Å²) in [4.78, 5) is 15.4.